The summed E-state index contributed by atoms with van der Waals surface area (Å²) in [4.78, 5) is 24.6. The van der Waals surface area contributed by atoms with Crippen LogP contribution in [-0.4, -0.2) is 47.4 Å². The zero-order valence-electron chi connectivity index (χ0n) is 52.0. The van der Waals surface area contributed by atoms with Gasteiger partial charge in [0, 0.05) is 12.8 Å². The molecular weight excluding hydrogens is 947 g/mol. The molecule has 6 heteroatoms. The fourth-order valence-electron chi connectivity index (χ4n) is 10.8. The topological polar surface area (TPSA) is 95.9 Å². The van der Waals surface area contributed by atoms with Crippen molar-refractivity contribution in [3.05, 3.63) is 36.5 Å². The smallest absolute Gasteiger partial charge is 0.305 e. The third-order valence-electron chi connectivity index (χ3n) is 16.2. The Hall–Kier alpha value is -1.92. The van der Waals surface area contributed by atoms with Gasteiger partial charge in [-0.1, -0.05) is 326 Å². The third kappa shape index (κ3) is 63.1. The Labute approximate surface area is 481 Å². The molecule has 2 atom stereocenters. The average Bonchev–Trinajstić information content (AvgIpc) is 3.43. The van der Waals surface area contributed by atoms with Crippen molar-refractivity contribution in [2.75, 3.05) is 13.2 Å². The molecule has 0 radical (unpaired) electrons. The Morgan fingerprint density at radius 1 is 0.364 bits per heavy atom. The number of carbonyl (C=O) groups excluding carboxylic acids is 2. The summed E-state index contributed by atoms with van der Waals surface area (Å²) in [6.07, 6.45) is 84.7. The van der Waals surface area contributed by atoms with Crippen molar-refractivity contribution in [1.82, 2.24) is 5.32 Å². The highest BCUT2D eigenvalue weighted by Gasteiger charge is 2.20. The zero-order chi connectivity index (χ0) is 55.7. The first-order valence-electron chi connectivity index (χ1n) is 34.7. The van der Waals surface area contributed by atoms with Crippen molar-refractivity contribution in [2.24, 2.45) is 0 Å². The number of esters is 1. The summed E-state index contributed by atoms with van der Waals surface area (Å²) in [6.45, 7) is 4.94. The number of aliphatic hydroxyl groups is 2. The fraction of sp³-hybridized carbons (Fsp3) is 0.887. The fourth-order valence-corrected chi connectivity index (χ4v) is 10.8. The van der Waals surface area contributed by atoms with Crippen LogP contribution >= 0.6 is 0 Å². The van der Waals surface area contributed by atoms with E-state index in [0.717, 1.165) is 51.4 Å². The van der Waals surface area contributed by atoms with E-state index in [1.165, 1.54) is 295 Å². The number of ether oxygens (including phenoxy) is 1. The third-order valence-corrected chi connectivity index (χ3v) is 16.2. The van der Waals surface area contributed by atoms with Crippen LogP contribution in [-0.2, 0) is 14.3 Å². The second-order valence-electron chi connectivity index (χ2n) is 23.9. The van der Waals surface area contributed by atoms with Crippen molar-refractivity contribution < 1.29 is 24.5 Å². The van der Waals surface area contributed by atoms with E-state index in [-0.39, 0.29) is 18.5 Å². The monoisotopic (exact) mass is 1080 g/mol. The summed E-state index contributed by atoms with van der Waals surface area (Å²) in [7, 11) is 0. The molecule has 0 heterocycles. The van der Waals surface area contributed by atoms with Gasteiger partial charge in [0.05, 0.1) is 25.4 Å². The molecule has 0 saturated heterocycles. The van der Waals surface area contributed by atoms with Gasteiger partial charge in [0.15, 0.2) is 0 Å². The number of allylic oxidation sites excluding steroid dienone is 6. The van der Waals surface area contributed by atoms with Crippen LogP contribution < -0.4 is 5.32 Å². The second-order valence-corrected chi connectivity index (χ2v) is 23.9. The van der Waals surface area contributed by atoms with Crippen molar-refractivity contribution in [2.45, 2.75) is 392 Å². The van der Waals surface area contributed by atoms with E-state index in [2.05, 4.69) is 55.6 Å². The average molecular weight is 1080 g/mol. The number of hydrogen-bond donors (Lipinski definition) is 3. The Kier molecular flexibility index (Phi) is 64.9. The van der Waals surface area contributed by atoms with Crippen LogP contribution in [0.15, 0.2) is 36.5 Å². The normalized spacial score (nSPS) is 12.7. The molecule has 0 bridgehead atoms. The number of hydrogen-bond acceptors (Lipinski definition) is 5. The number of unbranched alkanes of at least 4 members (excludes halogenated alkanes) is 48. The van der Waals surface area contributed by atoms with E-state index in [1.54, 1.807) is 0 Å². The number of carbonyl (C=O) groups is 2. The van der Waals surface area contributed by atoms with Gasteiger partial charge in [0.2, 0.25) is 5.91 Å². The van der Waals surface area contributed by atoms with Crippen molar-refractivity contribution >= 4 is 11.9 Å². The Bertz CT molecular complexity index is 1250. The summed E-state index contributed by atoms with van der Waals surface area (Å²) < 4.78 is 5.48. The summed E-state index contributed by atoms with van der Waals surface area (Å²) >= 11 is 0. The lowest BCUT2D eigenvalue weighted by molar-refractivity contribution is -0.143. The summed E-state index contributed by atoms with van der Waals surface area (Å²) in [5, 5.41) is 23.4. The van der Waals surface area contributed by atoms with E-state index < -0.39 is 12.1 Å². The first-order chi connectivity index (χ1) is 38.0. The van der Waals surface area contributed by atoms with Gasteiger partial charge in [0.25, 0.3) is 0 Å². The lowest BCUT2D eigenvalue weighted by Gasteiger charge is -2.22. The van der Waals surface area contributed by atoms with Gasteiger partial charge in [-0.05, 0) is 77.0 Å². The Balaban J connectivity index is 3.38. The van der Waals surface area contributed by atoms with Gasteiger partial charge < -0.3 is 20.3 Å². The Morgan fingerprint density at radius 3 is 1.04 bits per heavy atom. The molecule has 454 valence electrons. The van der Waals surface area contributed by atoms with Gasteiger partial charge in [-0.2, -0.15) is 0 Å². The molecule has 0 fully saturated rings. The van der Waals surface area contributed by atoms with Crippen LogP contribution in [0.2, 0.25) is 0 Å². The molecule has 3 N–H and O–H groups in total. The second kappa shape index (κ2) is 66.6. The number of amides is 1. The lowest BCUT2D eigenvalue weighted by atomic mass is 10.0. The highest BCUT2D eigenvalue weighted by atomic mass is 16.5. The standard InChI is InChI=1S/C71H135NO5/c1-3-5-7-9-11-13-15-17-19-20-33-36-39-43-47-51-55-59-63-69(74)68(67-73)72-70(75)64-60-56-52-48-44-40-37-34-31-29-27-25-23-21-22-24-26-28-30-32-35-38-42-46-50-54-58-62-66-77-71(76)65-61-57-53-49-45-41-18-16-14-12-10-8-6-4-2/h10,12,16,18,21-22,68-69,73-74H,3-9,11,13-15,17,19-20,23-67H2,1-2H3,(H,72,75)/b12-10-,18-16-,22-21-. The SMILES string of the molecule is CCCC/C=C\C/C=C\CCCCCCCC(=O)OCCCCCCCCCCCCCC/C=C\CCCCCCCCCCCCCCC(=O)NC(CO)C(O)CCCCCCCCCCCCCCCCCCCC. The quantitative estimate of drug-likeness (QED) is 0.0320. The minimum Gasteiger partial charge on any atom is -0.466 e. The molecule has 77 heavy (non-hydrogen) atoms. The van der Waals surface area contributed by atoms with Crippen LogP contribution in [0.1, 0.15) is 380 Å². The van der Waals surface area contributed by atoms with E-state index in [9.17, 15) is 19.8 Å². The first-order valence-corrected chi connectivity index (χ1v) is 34.7. The molecule has 0 aliphatic rings. The van der Waals surface area contributed by atoms with Gasteiger partial charge in [0.1, 0.15) is 0 Å². The molecule has 0 spiro atoms. The molecule has 0 aromatic rings. The van der Waals surface area contributed by atoms with Crippen LogP contribution in [0.4, 0.5) is 0 Å². The number of nitrogens with one attached hydrogen (secondary N) is 1. The van der Waals surface area contributed by atoms with Crippen molar-refractivity contribution in [3.8, 4) is 0 Å². The Morgan fingerprint density at radius 2 is 0.662 bits per heavy atom. The minimum absolute atomic E-state index is 0.00150. The number of aliphatic hydroxyl groups excluding tert-OH is 2. The van der Waals surface area contributed by atoms with Crippen LogP contribution in [0.3, 0.4) is 0 Å². The molecule has 0 aromatic carbocycles. The first kappa shape index (κ1) is 75.1. The van der Waals surface area contributed by atoms with Crippen molar-refractivity contribution in [1.29, 1.82) is 0 Å². The van der Waals surface area contributed by atoms with Crippen LogP contribution in [0.25, 0.3) is 0 Å². The van der Waals surface area contributed by atoms with E-state index >= 15 is 0 Å². The molecule has 0 aliphatic carbocycles. The predicted octanol–water partition coefficient (Wildman–Crippen LogP) is 22.3. The summed E-state index contributed by atoms with van der Waals surface area (Å²) in [6, 6.07) is -0.542. The van der Waals surface area contributed by atoms with Gasteiger partial charge in [-0.25, -0.2) is 0 Å². The molecule has 0 aliphatic heterocycles. The maximum Gasteiger partial charge on any atom is 0.305 e. The molecule has 0 rings (SSSR count). The van der Waals surface area contributed by atoms with Gasteiger partial charge >= 0.3 is 5.97 Å². The molecule has 1 amide bonds. The molecule has 6 nitrogen and oxygen atoms in total. The highest BCUT2D eigenvalue weighted by Crippen LogP contribution is 2.18. The maximum atomic E-state index is 12.5. The molecule has 0 aromatic heterocycles. The number of rotatable bonds is 65. The van der Waals surface area contributed by atoms with E-state index in [4.69, 9.17) is 4.74 Å². The molecule has 0 saturated carbocycles. The van der Waals surface area contributed by atoms with Crippen molar-refractivity contribution in [3.63, 3.8) is 0 Å². The molecule has 2 unspecified atom stereocenters. The largest absolute Gasteiger partial charge is 0.466 e. The van der Waals surface area contributed by atoms with E-state index in [1.807, 2.05) is 0 Å². The van der Waals surface area contributed by atoms with Crippen LogP contribution in [0.5, 0.6) is 0 Å². The maximum absolute atomic E-state index is 12.5. The van der Waals surface area contributed by atoms with Crippen LogP contribution in [0, 0.1) is 0 Å². The minimum atomic E-state index is -0.665. The lowest BCUT2D eigenvalue weighted by Crippen LogP contribution is -2.45. The van der Waals surface area contributed by atoms with Gasteiger partial charge in [-0.3, -0.25) is 9.59 Å². The highest BCUT2D eigenvalue weighted by molar-refractivity contribution is 5.76. The predicted molar refractivity (Wildman–Crippen MR) is 338 cm³/mol. The zero-order valence-corrected chi connectivity index (χ0v) is 52.0. The summed E-state index contributed by atoms with van der Waals surface area (Å²) in [5.74, 6) is -0.0302. The molecular formula is C71H135NO5. The van der Waals surface area contributed by atoms with E-state index in [0.29, 0.717) is 25.9 Å². The summed E-state index contributed by atoms with van der Waals surface area (Å²) in [5.41, 5.74) is 0. The van der Waals surface area contributed by atoms with Gasteiger partial charge in [-0.15, -0.1) is 0 Å².